The molecule has 0 aromatic heterocycles. The third-order valence-electron chi connectivity index (χ3n) is 3.18. The molecule has 0 saturated carbocycles. The molecule has 3 heteroatoms. The van der Waals surface area contributed by atoms with Crippen molar-refractivity contribution in [1.82, 2.24) is 6.15 Å². The van der Waals surface area contributed by atoms with Crippen molar-refractivity contribution in [3.05, 3.63) is 0 Å². The SMILES string of the molecule is Br.CCCCCCCCCCCC[N+](C)(C)C.N. The van der Waals surface area contributed by atoms with Crippen LogP contribution in [0.5, 0.6) is 0 Å². The molecule has 0 amide bonds. The summed E-state index contributed by atoms with van der Waals surface area (Å²) >= 11 is 0. The first-order valence-corrected chi connectivity index (χ1v) is 7.36. The van der Waals surface area contributed by atoms with Gasteiger partial charge in [-0.15, -0.1) is 17.0 Å². The molecule has 0 atom stereocenters. The quantitative estimate of drug-likeness (QED) is 0.403. The summed E-state index contributed by atoms with van der Waals surface area (Å²) in [4.78, 5) is 0. The summed E-state index contributed by atoms with van der Waals surface area (Å²) < 4.78 is 1.12. The van der Waals surface area contributed by atoms with Gasteiger partial charge in [0.2, 0.25) is 0 Å². The predicted octanol–water partition coefficient (Wildman–Crippen LogP) is 5.35. The van der Waals surface area contributed by atoms with Crippen molar-refractivity contribution in [1.29, 1.82) is 0 Å². The number of nitrogens with zero attached hydrogens (tertiary/aromatic N) is 1. The Morgan fingerprint density at radius 3 is 1.28 bits per heavy atom. The molecule has 0 bridgehead atoms. The average Bonchev–Trinajstić information content (AvgIpc) is 2.19. The molecule has 0 aromatic carbocycles. The molecule has 0 aliphatic rings. The Balaban J connectivity index is -0.00000112. The monoisotopic (exact) mass is 325 g/mol. The van der Waals surface area contributed by atoms with E-state index in [0.29, 0.717) is 0 Å². The Labute approximate surface area is 126 Å². The van der Waals surface area contributed by atoms with Crippen LogP contribution in [0.3, 0.4) is 0 Å². The summed E-state index contributed by atoms with van der Waals surface area (Å²) in [5, 5.41) is 0. The first-order valence-electron chi connectivity index (χ1n) is 7.36. The van der Waals surface area contributed by atoms with Crippen molar-refractivity contribution in [2.75, 3.05) is 27.7 Å². The van der Waals surface area contributed by atoms with Gasteiger partial charge in [0.25, 0.3) is 0 Å². The number of unbranched alkanes of at least 4 members (excludes halogenated alkanes) is 9. The van der Waals surface area contributed by atoms with Crippen LogP contribution in [0.15, 0.2) is 0 Å². The molecule has 0 spiro atoms. The molecule has 0 aliphatic carbocycles. The lowest BCUT2D eigenvalue weighted by molar-refractivity contribution is -0.870. The number of hydrogen-bond acceptors (Lipinski definition) is 1. The van der Waals surface area contributed by atoms with Gasteiger partial charge in [0, 0.05) is 0 Å². The lowest BCUT2D eigenvalue weighted by atomic mass is 10.1. The number of hydrogen-bond donors (Lipinski definition) is 1. The van der Waals surface area contributed by atoms with Crippen LogP contribution in [0.25, 0.3) is 0 Å². The molecule has 0 radical (unpaired) electrons. The molecule has 0 unspecified atom stereocenters. The van der Waals surface area contributed by atoms with Crippen molar-refractivity contribution >= 4 is 17.0 Å². The van der Waals surface area contributed by atoms with Gasteiger partial charge >= 0.3 is 0 Å². The maximum absolute atomic E-state index is 2.29. The first-order chi connectivity index (χ1) is 7.56. The molecule has 2 nitrogen and oxygen atoms in total. The zero-order valence-electron chi connectivity index (χ0n) is 13.3. The minimum Gasteiger partial charge on any atom is -0.344 e. The van der Waals surface area contributed by atoms with Gasteiger partial charge in [-0.1, -0.05) is 58.3 Å². The second-order valence-corrected chi connectivity index (χ2v) is 6.20. The minimum atomic E-state index is 0. The fraction of sp³-hybridized carbons (Fsp3) is 1.00. The normalized spacial score (nSPS) is 10.7. The summed E-state index contributed by atoms with van der Waals surface area (Å²) in [6.45, 7) is 3.62. The van der Waals surface area contributed by atoms with E-state index in [1.807, 2.05) is 0 Å². The molecule has 0 saturated heterocycles. The van der Waals surface area contributed by atoms with Crippen LogP contribution in [-0.4, -0.2) is 32.2 Å². The van der Waals surface area contributed by atoms with E-state index in [1.165, 1.54) is 70.8 Å². The van der Waals surface area contributed by atoms with Crippen LogP contribution in [0.2, 0.25) is 0 Å². The smallest absolute Gasteiger partial charge is 0.0780 e. The fourth-order valence-corrected chi connectivity index (χ4v) is 2.07. The van der Waals surface area contributed by atoms with Gasteiger partial charge in [0.1, 0.15) is 0 Å². The molecular formula is C15H38BrN2+. The van der Waals surface area contributed by atoms with Crippen molar-refractivity contribution in [2.45, 2.75) is 71.1 Å². The highest BCUT2D eigenvalue weighted by atomic mass is 79.9. The Bertz CT molecular complexity index is 144. The molecule has 18 heavy (non-hydrogen) atoms. The number of rotatable bonds is 11. The van der Waals surface area contributed by atoms with Crippen LogP contribution >= 0.6 is 17.0 Å². The van der Waals surface area contributed by atoms with Gasteiger partial charge in [0.05, 0.1) is 27.7 Å². The summed E-state index contributed by atoms with van der Waals surface area (Å²) in [7, 11) is 6.86. The molecule has 0 fully saturated rings. The van der Waals surface area contributed by atoms with Crippen LogP contribution in [-0.2, 0) is 0 Å². The Kier molecular flexibility index (Phi) is 20.2. The molecular weight excluding hydrogens is 288 g/mol. The minimum absolute atomic E-state index is 0. The Morgan fingerprint density at radius 1 is 0.611 bits per heavy atom. The topological polar surface area (TPSA) is 35.0 Å². The second kappa shape index (κ2) is 15.5. The summed E-state index contributed by atoms with van der Waals surface area (Å²) in [5.41, 5.74) is 0. The molecule has 0 aliphatic heterocycles. The van der Waals surface area contributed by atoms with Crippen LogP contribution in [0.1, 0.15) is 71.1 Å². The van der Waals surface area contributed by atoms with Crippen LogP contribution < -0.4 is 6.15 Å². The lowest BCUT2D eigenvalue weighted by Crippen LogP contribution is -2.35. The van der Waals surface area contributed by atoms with E-state index in [0.717, 1.165) is 4.48 Å². The summed E-state index contributed by atoms with van der Waals surface area (Å²) in [6, 6.07) is 0. The second-order valence-electron chi connectivity index (χ2n) is 6.20. The van der Waals surface area contributed by atoms with Crippen LogP contribution in [0, 0.1) is 0 Å². The van der Waals surface area contributed by atoms with Gasteiger partial charge in [-0.2, -0.15) is 0 Å². The number of halogens is 1. The highest BCUT2D eigenvalue weighted by Crippen LogP contribution is 2.10. The van der Waals surface area contributed by atoms with E-state index in [1.54, 1.807) is 0 Å². The van der Waals surface area contributed by atoms with E-state index in [2.05, 4.69) is 28.1 Å². The molecule has 0 aromatic rings. The van der Waals surface area contributed by atoms with Gasteiger partial charge in [-0.05, 0) is 12.8 Å². The molecule has 3 N–H and O–H groups in total. The highest BCUT2D eigenvalue weighted by Gasteiger charge is 2.04. The standard InChI is InChI=1S/C15H34N.BrH.H3N/c1-5-6-7-8-9-10-11-12-13-14-15-16(2,3)4;;/h5-15H2,1-4H3;1H;1H3/q+1;;. The van der Waals surface area contributed by atoms with Crippen molar-refractivity contribution in [2.24, 2.45) is 0 Å². The maximum atomic E-state index is 2.29. The van der Waals surface area contributed by atoms with Gasteiger partial charge in [-0.25, -0.2) is 0 Å². The fourth-order valence-electron chi connectivity index (χ4n) is 2.07. The highest BCUT2D eigenvalue weighted by molar-refractivity contribution is 8.93. The molecule has 0 rings (SSSR count). The van der Waals surface area contributed by atoms with E-state index < -0.39 is 0 Å². The first kappa shape index (κ1) is 23.5. The maximum Gasteiger partial charge on any atom is 0.0780 e. The van der Waals surface area contributed by atoms with Gasteiger partial charge in [0.15, 0.2) is 0 Å². The van der Waals surface area contributed by atoms with Crippen molar-refractivity contribution in [3.63, 3.8) is 0 Å². The van der Waals surface area contributed by atoms with Gasteiger partial charge < -0.3 is 10.6 Å². The van der Waals surface area contributed by atoms with Crippen molar-refractivity contribution < 1.29 is 4.48 Å². The zero-order valence-corrected chi connectivity index (χ0v) is 15.1. The van der Waals surface area contributed by atoms with Crippen LogP contribution in [0.4, 0.5) is 0 Å². The van der Waals surface area contributed by atoms with E-state index in [4.69, 9.17) is 0 Å². The average molecular weight is 326 g/mol. The van der Waals surface area contributed by atoms with Gasteiger partial charge in [-0.3, -0.25) is 0 Å². The van der Waals surface area contributed by atoms with E-state index in [-0.39, 0.29) is 23.1 Å². The predicted molar refractivity (Wildman–Crippen MR) is 90.1 cm³/mol. The van der Waals surface area contributed by atoms with E-state index in [9.17, 15) is 0 Å². The van der Waals surface area contributed by atoms with Crippen molar-refractivity contribution in [3.8, 4) is 0 Å². The third-order valence-corrected chi connectivity index (χ3v) is 3.18. The Hall–Kier alpha value is 0.400. The third kappa shape index (κ3) is 21.7. The lowest BCUT2D eigenvalue weighted by Gasteiger charge is -2.23. The molecule has 0 heterocycles. The molecule has 114 valence electrons. The largest absolute Gasteiger partial charge is 0.344 e. The zero-order chi connectivity index (χ0) is 12.3. The summed E-state index contributed by atoms with van der Waals surface area (Å²) in [6.07, 6.45) is 14.4. The Morgan fingerprint density at radius 2 is 0.944 bits per heavy atom. The summed E-state index contributed by atoms with van der Waals surface area (Å²) in [5.74, 6) is 0. The number of quaternary nitrogens is 1. The van der Waals surface area contributed by atoms with E-state index >= 15 is 0 Å².